The van der Waals surface area contributed by atoms with Gasteiger partial charge in [-0.25, -0.2) is 0 Å². The minimum atomic E-state index is -0.766. The SMILES string of the molecule is CCC(CC)NC(=O)C(CC(C)C)N1C(=O)c2ccccc2C1=O. The summed E-state index contributed by atoms with van der Waals surface area (Å²) in [5.74, 6) is -0.805. The van der Waals surface area contributed by atoms with Crippen LogP contribution in [-0.2, 0) is 4.79 Å². The van der Waals surface area contributed by atoms with Crippen LogP contribution >= 0.6 is 0 Å². The summed E-state index contributed by atoms with van der Waals surface area (Å²) in [6.45, 7) is 7.98. The highest BCUT2D eigenvalue weighted by molar-refractivity contribution is 6.22. The summed E-state index contributed by atoms with van der Waals surface area (Å²) in [4.78, 5) is 39.3. The number of imide groups is 1. The second kappa shape index (κ2) is 7.60. The summed E-state index contributed by atoms with van der Waals surface area (Å²) in [7, 11) is 0. The van der Waals surface area contributed by atoms with E-state index in [1.54, 1.807) is 24.3 Å². The van der Waals surface area contributed by atoms with Crippen molar-refractivity contribution >= 4 is 17.7 Å². The number of hydrogen-bond acceptors (Lipinski definition) is 3. The first kappa shape index (κ1) is 18.2. The molecule has 0 saturated carbocycles. The van der Waals surface area contributed by atoms with Crippen LogP contribution in [0.25, 0.3) is 0 Å². The fraction of sp³-hybridized carbons (Fsp3) is 0.526. The standard InChI is InChI=1S/C19H26N2O3/c1-5-13(6-2)20-17(22)16(11-12(3)4)21-18(23)14-9-7-8-10-15(14)19(21)24/h7-10,12-13,16H,5-6,11H2,1-4H3,(H,20,22). The van der Waals surface area contributed by atoms with Gasteiger partial charge in [0.05, 0.1) is 11.1 Å². The third kappa shape index (κ3) is 3.50. The third-order valence-electron chi connectivity index (χ3n) is 4.47. The Kier molecular flexibility index (Phi) is 5.75. The number of benzene rings is 1. The third-order valence-corrected chi connectivity index (χ3v) is 4.47. The van der Waals surface area contributed by atoms with Gasteiger partial charge in [0.2, 0.25) is 5.91 Å². The second-order valence-corrected chi connectivity index (χ2v) is 6.69. The van der Waals surface area contributed by atoms with E-state index in [0.717, 1.165) is 17.7 Å². The molecule has 5 nitrogen and oxygen atoms in total. The molecule has 0 aromatic heterocycles. The highest BCUT2D eigenvalue weighted by Crippen LogP contribution is 2.27. The Morgan fingerprint density at radius 1 is 1.04 bits per heavy atom. The van der Waals surface area contributed by atoms with Gasteiger partial charge < -0.3 is 5.32 Å². The van der Waals surface area contributed by atoms with Crippen molar-refractivity contribution in [3.8, 4) is 0 Å². The lowest BCUT2D eigenvalue weighted by Gasteiger charge is -2.28. The predicted octanol–water partition coefficient (Wildman–Crippen LogP) is 3.00. The van der Waals surface area contributed by atoms with E-state index in [1.165, 1.54) is 0 Å². The van der Waals surface area contributed by atoms with Crippen molar-refractivity contribution in [3.05, 3.63) is 35.4 Å². The zero-order valence-corrected chi connectivity index (χ0v) is 14.8. The molecule has 1 atom stereocenters. The molecule has 5 heteroatoms. The Labute approximate surface area is 143 Å². The van der Waals surface area contributed by atoms with Crippen LogP contribution in [0.1, 0.15) is 67.7 Å². The Morgan fingerprint density at radius 3 is 1.96 bits per heavy atom. The largest absolute Gasteiger partial charge is 0.352 e. The van der Waals surface area contributed by atoms with E-state index in [0.29, 0.717) is 17.5 Å². The van der Waals surface area contributed by atoms with Crippen molar-refractivity contribution in [1.82, 2.24) is 10.2 Å². The predicted molar refractivity (Wildman–Crippen MR) is 92.7 cm³/mol. The molecular weight excluding hydrogens is 304 g/mol. The van der Waals surface area contributed by atoms with E-state index in [2.05, 4.69) is 5.32 Å². The maximum absolute atomic E-state index is 12.8. The van der Waals surface area contributed by atoms with Crippen LogP contribution < -0.4 is 5.32 Å². The molecule has 1 N–H and O–H groups in total. The molecule has 1 aromatic carbocycles. The molecule has 130 valence electrons. The normalized spacial score (nSPS) is 15.2. The van der Waals surface area contributed by atoms with Crippen LogP contribution in [0, 0.1) is 5.92 Å². The maximum Gasteiger partial charge on any atom is 0.262 e. The number of rotatable bonds is 7. The summed E-state index contributed by atoms with van der Waals surface area (Å²) in [5, 5.41) is 2.98. The van der Waals surface area contributed by atoms with E-state index >= 15 is 0 Å². The lowest BCUT2D eigenvalue weighted by atomic mass is 10.0. The lowest BCUT2D eigenvalue weighted by Crippen LogP contribution is -2.52. The number of fused-ring (bicyclic) bond motifs is 1. The highest BCUT2D eigenvalue weighted by Gasteiger charge is 2.42. The zero-order chi connectivity index (χ0) is 17.9. The molecule has 0 bridgehead atoms. The van der Waals surface area contributed by atoms with Crippen molar-refractivity contribution < 1.29 is 14.4 Å². The summed E-state index contributed by atoms with van der Waals surface area (Å²) in [5.41, 5.74) is 0.762. The van der Waals surface area contributed by atoms with Crippen LogP contribution in [-0.4, -0.2) is 34.7 Å². The number of carbonyl (C=O) groups is 3. The van der Waals surface area contributed by atoms with Crippen LogP contribution in [0.2, 0.25) is 0 Å². The second-order valence-electron chi connectivity index (χ2n) is 6.69. The number of amides is 3. The summed E-state index contributed by atoms with van der Waals surface area (Å²) in [6.07, 6.45) is 2.09. The van der Waals surface area contributed by atoms with Crippen LogP contribution in [0.5, 0.6) is 0 Å². The number of nitrogens with one attached hydrogen (secondary N) is 1. The molecule has 1 unspecified atom stereocenters. The average Bonchev–Trinajstić information content (AvgIpc) is 2.82. The maximum atomic E-state index is 12.8. The van der Waals surface area contributed by atoms with Crippen molar-refractivity contribution in [3.63, 3.8) is 0 Å². The van der Waals surface area contributed by atoms with Gasteiger partial charge >= 0.3 is 0 Å². The number of nitrogens with zero attached hydrogens (tertiary/aromatic N) is 1. The van der Waals surface area contributed by atoms with Gasteiger partial charge in [-0.15, -0.1) is 0 Å². The topological polar surface area (TPSA) is 66.5 Å². The Bertz CT molecular complexity index is 600. The Morgan fingerprint density at radius 2 is 1.54 bits per heavy atom. The molecule has 2 rings (SSSR count). The van der Waals surface area contributed by atoms with Crippen molar-refractivity contribution in [2.45, 2.75) is 59.0 Å². The molecule has 24 heavy (non-hydrogen) atoms. The molecule has 0 radical (unpaired) electrons. The molecule has 1 aliphatic heterocycles. The summed E-state index contributed by atoms with van der Waals surface area (Å²) >= 11 is 0. The molecule has 3 amide bonds. The van der Waals surface area contributed by atoms with Gasteiger partial charge in [-0.2, -0.15) is 0 Å². The quantitative estimate of drug-likeness (QED) is 0.782. The van der Waals surface area contributed by atoms with E-state index in [-0.39, 0.29) is 29.7 Å². The number of hydrogen-bond donors (Lipinski definition) is 1. The van der Waals surface area contributed by atoms with Crippen molar-refractivity contribution in [1.29, 1.82) is 0 Å². The van der Waals surface area contributed by atoms with E-state index < -0.39 is 6.04 Å². The molecule has 1 aliphatic rings. The van der Waals surface area contributed by atoms with Crippen LogP contribution in [0.4, 0.5) is 0 Å². The van der Waals surface area contributed by atoms with Crippen molar-refractivity contribution in [2.75, 3.05) is 0 Å². The highest BCUT2D eigenvalue weighted by atomic mass is 16.2. The molecule has 0 spiro atoms. The summed E-state index contributed by atoms with van der Waals surface area (Å²) in [6, 6.07) is 6.03. The molecular formula is C19H26N2O3. The minimum Gasteiger partial charge on any atom is -0.352 e. The van der Waals surface area contributed by atoms with Crippen LogP contribution in [0.3, 0.4) is 0 Å². The van der Waals surface area contributed by atoms with Gasteiger partial charge in [-0.1, -0.05) is 39.8 Å². The Hall–Kier alpha value is -2.17. The first-order valence-corrected chi connectivity index (χ1v) is 8.67. The van der Waals surface area contributed by atoms with E-state index in [4.69, 9.17) is 0 Å². The van der Waals surface area contributed by atoms with E-state index in [1.807, 2.05) is 27.7 Å². The van der Waals surface area contributed by atoms with Gasteiger partial charge in [0.15, 0.2) is 0 Å². The van der Waals surface area contributed by atoms with E-state index in [9.17, 15) is 14.4 Å². The fourth-order valence-electron chi connectivity index (χ4n) is 3.06. The average molecular weight is 330 g/mol. The first-order chi connectivity index (χ1) is 11.4. The molecule has 1 aromatic rings. The van der Waals surface area contributed by atoms with Crippen LogP contribution in [0.15, 0.2) is 24.3 Å². The van der Waals surface area contributed by atoms with Crippen molar-refractivity contribution in [2.24, 2.45) is 5.92 Å². The van der Waals surface area contributed by atoms with Gasteiger partial charge in [0.25, 0.3) is 11.8 Å². The monoisotopic (exact) mass is 330 g/mol. The number of carbonyl (C=O) groups excluding carboxylic acids is 3. The zero-order valence-electron chi connectivity index (χ0n) is 14.8. The molecule has 1 heterocycles. The minimum absolute atomic E-state index is 0.0577. The summed E-state index contributed by atoms with van der Waals surface area (Å²) < 4.78 is 0. The molecule has 0 saturated heterocycles. The van der Waals surface area contributed by atoms with Gasteiger partial charge in [0.1, 0.15) is 6.04 Å². The van der Waals surface area contributed by atoms with Gasteiger partial charge in [0, 0.05) is 6.04 Å². The van der Waals surface area contributed by atoms with Gasteiger partial charge in [-0.05, 0) is 37.3 Å². The smallest absolute Gasteiger partial charge is 0.262 e. The molecule has 0 fully saturated rings. The lowest BCUT2D eigenvalue weighted by molar-refractivity contribution is -0.126. The Balaban J connectivity index is 2.30. The molecule has 0 aliphatic carbocycles. The van der Waals surface area contributed by atoms with Gasteiger partial charge in [-0.3, -0.25) is 19.3 Å². The first-order valence-electron chi connectivity index (χ1n) is 8.67. The fourth-order valence-corrected chi connectivity index (χ4v) is 3.06.